The molecule has 0 bridgehead atoms. The third-order valence-electron chi connectivity index (χ3n) is 4.60. The summed E-state index contributed by atoms with van der Waals surface area (Å²) in [6.07, 6.45) is 0.810. The normalized spacial score (nSPS) is 10.6. The summed E-state index contributed by atoms with van der Waals surface area (Å²) in [6.45, 7) is 1.31. The fourth-order valence-corrected chi connectivity index (χ4v) is 2.79. The van der Waals surface area contributed by atoms with Gasteiger partial charge in [-0.1, -0.05) is 18.2 Å². The molecule has 176 valence electrons. The van der Waals surface area contributed by atoms with Crippen LogP contribution >= 0.6 is 24.0 Å². The number of methoxy groups -OCH3 is 2. The van der Waals surface area contributed by atoms with Crippen molar-refractivity contribution in [1.82, 2.24) is 15.5 Å². The Balaban J connectivity index is 0.00000512. The van der Waals surface area contributed by atoms with Gasteiger partial charge in [-0.3, -0.25) is 9.79 Å². The number of rotatable bonds is 10. The maximum Gasteiger partial charge on any atom is 0.259 e. The Bertz CT molecular complexity index is 890. The van der Waals surface area contributed by atoms with Crippen LogP contribution in [0.3, 0.4) is 0 Å². The van der Waals surface area contributed by atoms with Gasteiger partial charge in [0.1, 0.15) is 5.75 Å². The van der Waals surface area contributed by atoms with Gasteiger partial charge in [-0.25, -0.2) is 0 Å². The van der Waals surface area contributed by atoms with Crippen LogP contribution in [0.5, 0.6) is 17.2 Å². The number of carbonyl (C=O) groups is 1. The van der Waals surface area contributed by atoms with E-state index >= 15 is 0 Å². The lowest BCUT2D eigenvalue weighted by Gasteiger charge is -2.14. The number of nitrogens with zero attached hydrogens (tertiary/aromatic N) is 2. The highest BCUT2D eigenvalue weighted by Crippen LogP contribution is 2.27. The number of benzene rings is 2. The first-order chi connectivity index (χ1) is 15.0. The molecule has 8 nitrogen and oxygen atoms in total. The molecule has 0 saturated heterocycles. The van der Waals surface area contributed by atoms with Crippen molar-refractivity contribution in [1.29, 1.82) is 0 Å². The molecule has 0 fully saturated rings. The van der Waals surface area contributed by atoms with Crippen LogP contribution in [-0.4, -0.2) is 65.3 Å². The minimum Gasteiger partial charge on any atom is -0.493 e. The summed E-state index contributed by atoms with van der Waals surface area (Å²) in [6, 6.07) is 13.5. The van der Waals surface area contributed by atoms with Crippen molar-refractivity contribution in [2.24, 2.45) is 4.99 Å². The minimum atomic E-state index is -0.0809. The van der Waals surface area contributed by atoms with Crippen LogP contribution < -0.4 is 24.8 Å². The summed E-state index contributed by atoms with van der Waals surface area (Å²) in [5.41, 5.74) is 2.16. The number of carbonyl (C=O) groups excluding carboxylic acids is 1. The first kappa shape index (κ1) is 27.3. The summed E-state index contributed by atoms with van der Waals surface area (Å²) in [4.78, 5) is 17.4. The van der Waals surface area contributed by atoms with Crippen molar-refractivity contribution in [2.45, 2.75) is 13.0 Å². The third kappa shape index (κ3) is 8.81. The molecule has 9 heteroatoms. The van der Waals surface area contributed by atoms with Gasteiger partial charge in [0.15, 0.2) is 24.1 Å². The number of hydrogen-bond donors (Lipinski definition) is 2. The van der Waals surface area contributed by atoms with E-state index in [4.69, 9.17) is 14.2 Å². The van der Waals surface area contributed by atoms with Crippen molar-refractivity contribution in [3.8, 4) is 17.2 Å². The Kier molecular flexibility index (Phi) is 12.3. The lowest BCUT2D eigenvalue weighted by molar-refractivity contribution is -0.130. The second kappa shape index (κ2) is 14.4. The first-order valence-corrected chi connectivity index (χ1v) is 10.0. The van der Waals surface area contributed by atoms with Crippen LogP contribution in [0.25, 0.3) is 0 Å². The van der Waals surface area contributed by atoms with E-state index in [1.165, 1.54) is 4.90 Å². The molecule has 0 aliphatic carbocycles. The van der Waals surface area contributed by atoms with Gasteiger partial charge in [0.2, 0.25) is 0 Å². The Labute approximate surface area is 207 Å². The van der Waals surface area contributed by atoms with Crippen LogP contribution in [0, 0.1) is 0 Å². The molecule has 1 amide bonds. The molecule has 2 rings (SSSR count). The second-order valence-corrected chi connectivity index (χ2v) is 7.02. The molecular weight excluding hydrogens is 523 g/mol. The number of likely N-dealkylation sites (N-methyl/N-ethyl adjacent to an activating group) is 1. The van der Waals surface area contributed by atoms with E-state index < -0.39 is 0 Å². The fraction of sp³-hybridized carbons (Fsp3) is 0.391. The van der Waals surface area contributed by atoms with Gasteiger partial charge in [-0.05, 0) is 41.8 Å². The van der Waals surface area contributed by atoms with E-state index in [9.17, 15) is 4.79 Å². The molecule has 0 aliphatic heterocycles. The van der Waals surface area contributed by atoms with E-state index in [1.54, 1.807) is 35.4 Å². The summed E-state index contributed by atoms with van der Waals surface area (Å²) in [5, 5.41) is 6.59. The third-order valence-corrected chi connectivity index (χ3v) is 4.60. The van der Waals surface area contributed by atoms with Gasteiger partial charge >= 0.3 is 0 Å². The Morgan fingerprint density at radius 3 is 2.41 bits per heavy atom. The summed E-state index contributed by atoms with van der Waals surface area (Å²) in [5.74, 6) is 2.72. The average Bonchev–Trinajstić information content (AvgIpc) is 2.79. The zero-order valence-electron chi connectivity index (χ0n) is 19.3. The molecule has 32 heavy (non-hydrogen) atoms. The molecule has 0 atom stereocenters. The van der Waals surface area contributed by atoms with Crippen molar-refractivity contribution >= 4 is 35.8 Å². The van der Waals surface area contributed by atoms with Crippen LogP contribution in [0.4, 0.5) is 0 Å². The average molecular weight is 556 g/mol. The molecule has 0 aromatic heterocycles. The Morgan fingerprint density at radius 2 is 1.75 bits per heavy atom. The van der Waals surface area contributed by atoms with Gasteiger partial charge in [-0.15, -0.1) is 24.0 Å². The highest BCUT2D eigenvalue weighted by Gasteiger charge is 2.07. The molecule has 0 spiro atoms. The lowest BCUT2D eigenvalue weighted by atomic mass is 10.1. The molecule has 0 radical (unpaired) electrons. The van der Waals surface area contributed by atoms with Crippen LogP contribution in [0.15, 0.2) is 47.5 Å². The van der Waals surface area contributed by atoms with Crippen LogP contribution in [0.1, 0.15) is 11.1 Å². The van der Waals surface area contributed by atoms with E-state index in [1.807, 2.05) is 42.5 Å². The van der Waals surface area contributed by atoms with Crippen molar-refractivity contribution < 1.29 is 19.0 Å². The maximum absolute atomic E-state index is 11.7. The largest absolute Gasteiger partial charge is 0.493 e. The van der Waals surface area contributed by atoms with Gasteiger partial charge in [0.25, 0.3) is 5.91 Å². The maximum atomic E-state index is 11.7. The zero-order valence-corrected chi connectivity index (χ0v) is 21.6. The zero-order chi connectivity index (χ0) is 22.6. The SMILES string of the molecule is CN=C(NCCc1ccc(OC)c(OC)c1)NCc1cccc(OCC(=O)N(C)C)c1.I. The minimum absolute atomic E-state index is 0. The van der Waals surface area contributed by atoms with E-state index in [-0.39, 0.29) is 36.5 Å². The Hall–Kier alpha value is -2.69. The van der Waals surface area contributed by atoms with Gasteiger partial charge in [-0.2, -0.15) is 0 Å². The van der Waals surface area contributed by atoms with E-state index in [0.29, 0.717) is 30.5 Å². The summed E-state index contributed by atoms with van der Waals surface area (Å²) < 4.78 is 16.2. The Morgan fingerprint density at radius 1 is 1.00 bits per heavy atom. The monoisotopic (exact) mass is 556 g/mol. The predicted octanol–water partition coefficient (Wildman–Crippen LogP) is 2.70. The van der Waals surface area contributed by atoms with Gasteiger partial charge < -0.3 is 29.7 Å². The molecule has 0 unspecified atom stereocenters. The molecule has 0 saturated carbocycles. The number of halogens is 1. The molecule has 0 aliphatic rings. The smallest absolute Gasteiger partial charge is 0.259 e. The molecular formula is C23H33IN4O4. The fourth-order valence-electron chi connectivity index (χ4n) is 2.79. The highest BCUT2D eigenvalue weighted by molar-refractivity contribution is 14.0. The number of amides is 1. The van der Waals surface area contributed by atoms with Crippen molar-refractivity contribution in [2.75, 3.05) is 48.5 Å². The van der Waals surface area contributed by atoms with Crippen LogP contribution in [0.2, 0.25) is 0 Å². The quantitative estimate of drug-likeness (QED) is 0.266. The summed E-state index contributed by atoms with van der Waals surface area (Å²) in [7, 11) is 8.40. The highest BCUT2D eigenvalue weighted by atomic mass is 127. The van der Waals surface area contributed by atoms with E-state index in [2.05, 4.69) is 15.6 Å². The molecule has 0 heterocycles. The van der Waals surface area contributed by atoms with E-state index in [0.717, 1.165) is 23.3 Å². The first-order valence-electron chi connectivity index (χ1n) is 10.0. The number of nitrogens with one attached hydrogen (secondary N) is 2. The van der Waals surface area contributed by atoms with Crippen molar-refractivity contribution in [3.63, 3.8) is 0 Å². The number of guanidine groups is 1. The molecule has 2 aromatic carbocycles. The standard InChI is InChI=1S/C23H32N4O4.HI/c1-24-23(25-12-11-17-9-10-20(29-4)21(14-17)30-5)26-15-18-7-6-8-19(13-18)31-16-22(28)27(2)3;/h6-10,13-14H,11-12,15-16H2,1-5H3,(H2,24,25,26);1H. The number of ether oxygens (including phenoxy) is 3. The predicted molar refractivity (Wildman–Crippen MR) is 137 cm³/mol. The molecule has 2 aromatic rings. The van der Waals surface area contributed by atoms with Crippen LogP contribution in [-0.2, 0) is 17.8 Å². The van der Waals surface area contributed by atoms with Gasteiger partial charge in [0, 0.05) is 34.2 Å². The lowest BCUT2D eigenvalue weighted by Crippen LogP contribution is -2.37. The van der Waals surface area contributed by atoms with Gasteiger partial charge in [0.05, 0.1) is 14.2 Å². The second-order valence-electron chi connectivity index (χ2n) is 7.02. The summed E-state index contributed by atoms with van der Waals surface area (Å²) >= 11 is 0. The number of aliphatic imine (C=N–C) groups is 1. The number of hydrogen-bond acceptors (Lipinski definition) is 5. The van der Waals surface area contributed by atoms with Crippen molar-refractivity contribution in [3.05, 3.63) is 53.6 Å². The molecule has 2 N–H and O–H groups in total. The topological polar surface area (TPSA) is 84.4 Å².